The quantitative estimate of drug-likeness (QED) is 0.0264. The summed E-state index contributed by atoms with van der Waals surface area (Å²) in [7, 11) is -4.41. The predicted octanol–water partition coefficient (Wildman–Crippen LogP) is 20.6. The molecule has 2 unspecified atom stereocenters. The van der Waals surface area contributed by atoms with Crippen molar-refractivity contribution in [1.29, 1.82) is 0 Å². The highest BCUT2D eigenvalue weighted by Crippen LogP contribution is 2.43. The Morgan fingerprint density at radius 1 is 0.383 bits per heavy atom. The Bertz CT molecular complexity index is 1930. The minimum Gasteiger partial charge on any atom is -0.462 e. The van der Waals surface area contributed by atoms with Crippen molar-refractivity contribution in [2.24, 2.45) is 5.73 Å². The second-order valence-electron chi connectivity index (χ2n) is 20.2. The first kappa shape index (κ1) is 76.4. The number of hydrogen-bond donors (Lipinski definition) is 2. The van der Waals surface area contributed by atoms with Gasteiger partial charge in [0.05, 0.1) is 13.2 Å². The van der Waals surface area contributed by atoms with Gasteiger partial charge < -0.3 is 20.1 Å². The number of esters is 2. The smallest absolute Gasteiger partial charge is 0.462 e. The third-order valence-electron chi connectivity index (χ3n) is 12.6. The van der Waals surface area contributed by atoms with Crippen LogP contribution in [0.5, 0.6) is 0 Å². The molecule has 456 valence electrons. The lowest BCUT2D eigenvalue weighted by Crippen LogP contribution is -2.29. The van der Waals surface area contributed by atoms with Crippen LogP contribution >= 0.6 is 7.82 Å². The van der Waals surface area contributed by atoms with Crippen molar-refractivity contribution in [2.45, 2.75) is 238 Å². The molecule has 81 heavy (non-hydrogen) atoms. The number of ether oxygens (including phenoxy) is 2. The fourth-order valence-corrected chi connectivity index (χ4v) is 8.71. The number of carbonyl (C=O) groups is 2. The number of phosphoric ester groups is 1. The van der Waals surface area contributed by atoms with Gasteiger partial charge in [-0.05, 0) is 135 Å². The number of phosphoric acid groups is 1. The van der Waals surface area contributed by atoms with Gasteiger partial charge in [-0.1, -0.05) is 255 Å². The Labute approximate surface area is 495 Å². The maximum Gasteiger partial charge on any atom is 0.472 e. The van der Waals surface area contributed by atoms with E-state index in [0.717, 1.165) is 154 Å². The molecule has 0 radical (unpaired) electrons. The monoisotopic (exact) mass is 1140 g/mol. The highest BCUT2D eigenvalue weighted by molar-refractivity contribution is 7.47. The van der Waals surface area contributed by atoms with Gasteiger partial charge in [-0.2, -0.15) is 0 Å². The van der Waals surface area contributed by atoms with Gasteiger partial charge in [0.1, 0.15) is 6.61 Å². The fourth-order valence-electron chi connectivity index (χ4n) is 7.94. The third kappa shape index (κ3) is 64.4. The summed E-state index contributed by atoms with van der Waals surface area (Å²) in [5.41, 5.74) is 5.38. The molecule has 0 aromatic rings. The Hall–Kier alpha value is -4.63. The Morgan fingerprint density at radius 3 is 1.01 bits per heavy atom. The van der Waals surface area contributed by atoms with Crippen LogP contribution in [0.15, 0.2) is 170 Å². The van der Waals surface area contributed by atoms with Crippen LogP contribution in [-0.2, 0) is 32.7 Å². The molecule has 10 heteroatoms. The summed E-state index contributed by atoms with van der Waals surface area (Å²) >= 11 is 0. The second-order valence-corrected chi connectivity index (χ2v) is 21.6. The molecule has 0 aliphatic rings. The molecule has 0 saturated carbocycles. The van der Waals surface area contributed by atoms with Crippen LogP contribution in [0.1, 0.15) is 232 Å². The standard InChI is InChI=1S/C71H114NO8P/c1-3-5-7-9-11-13-15-17-19-21-23-25-26-27-28-29-30-31-32-33-34-35-36-37-38-39-40-41-42-44-46-48-50-52-54-56-58-60-62-64-71(74)80-69(68-79-81(75,76)78-66-65-72)67-77-70(73)63-61-59-57-55-53-51-49-47-45-43-24-22-20-18-16-14-12-10-8-6-4-2/h5,7,11,13,16-19,22-25,27-28,30-31,33-34,36-37,39-40,42,44-45,47-48,50,69H,3-4,6,8-10,12,14-15,20-21,26,29,32,35,38,41,43,46,49,51-68,72H2,1-2H3,(H,75,76)/b7-5-,13-11-,18-16-,19-17-,24-22-,25-23-,28-27-,31-30-,34-33-,37-36-,40-39-,44-42-,47-45-,50-48-. The lowest BCUT2D eigenvalue weighted by Gasteiger charge is -2.19. The molecular weight excluding hydrogens is 1030 g/mol. The van der Waals surface area contributed by atoms with E-state index in [1.165, 1.54) is 38.5 Å². The molecule has 9 nitrogen and oxygen atoms in total. The fraction of sp³-hybridized carbons (Fsp3) is 0.577. The maximum absolute atomic E-state index is 12.7. The van der Waals surface area contributed by atoms with Crippen molar-refractivity contribution >= 4 is 19.8 Å². The topological polar surface area (TPSA) is 134 Å². The molecular formula is C71H114NO8P. The zero-order valence-electron chi connectivity index (χ0n) is 50.9. The predicted molar refractivity (Wildman–Crippen MR) is 348 cm³/mol. The second kappa shape index (κ2) is 64.5. The summed E-state index contributed by atoms with van der Waals surface area (Å²) in [6.45, 7) is 3.56. The van der Waals surface area contributed by atoms with E-state index in [-0.39, 0.29) is 32.6 Å². The number of carbonyl (C=O) groups excluding carboxylic acids is 2. The first-order valence-corrected chi connectivity index (χ1v) is 33.1. The summed E-state index contributed by atoms with van der Waals surface area (Å²) in [4.78, 5) is 35.2. The highest BCUT2D eigenvalue weighted by atomic mass is 31.2. The first-order valence-electron chi connectivity index (χ1n) is 31.6. The van der Waals surface area contributed by atoms with Gasteiger partial charge in [0.25, 0.3) is 0 Å². The number of unbranched alkanes of at least 4 members (excludes halogenated alkanes) is 16. The van der Waals surface area contributed by atoms with Crippen LogP contribution < -0.4 is 5.73 Å². The summed E-state index contributed by atoms with van der Waals surface area (Å²) in [5, 5.41) is 0. The lowest BCUT2D eigenvalue weighted by molar-refractivity contribution is -0.161. The number of nitrogens with two attached hydrogens (primary N) is 1. The van der Waals surface area contributed by atoms with E-state index in [0.29, 0.717) is 12.8 Å². The van der Waals surface area contributed by atoms with E-state index in [1.54, 1.807) is 0 Å². The van der Waals surface area contributed by atoms with E-state index in [2.05, 4.69) is 184 Å². The van der Waals surface area contributed by atoms with Crippen molar-refractivity contribution in [3.63, 3.8) is 0 Å². The number of allylic oxidation sites excluding steroid dienone is 28. The van der Waals surface area contributed by atoms with Gasteiger partial charge in [0.2, 0.25) is 0 Å². The normalized spacial score (nSPS) is 14.2. The van der Waals surface area contributed by atoms with Crippen molar-refractivity contribution in [2.75, 3.05) is 26.4 Å². The van der Waals surface area contributed by atoms with Gasteiger partial charge in [-0.3, -0.25) is 18.6 Å². The van der Waals surface area contributed by atoms with Crippen LogP contribution in [0.4, 0.5) is 0 Å². The van der Waals surface area contributed by atoms with E-state index in [1.807, 2.05) is 0 Å². The molecule has 0 saturated heterocycles. The highest BCUT2D eigenvalue weighted by Gasteiger charge is 2.26. The van der Waals surface area contributed by atoms with E-state index in [9.17, 15) is 19.0 Å². The number of rotatable bonds is 57. The molecule has 0 bridgehead atoms. The Morgan fingerprint density at radius 2 is 0.679 bits per heavy atom. The van der Waals surface area contributed by atoms with E-state index < -0.39 is 32.5 Å². The van der Waals surface area contributed by atoms with Gasteiger partial charge in [0, 0.05) is 19.4 Å². The summed E-state index contributed by atoms with van der Waals surface area (Å²) < 4.78 is 33.0. The number of hydrogen-bond acceptors (Lipinski definition) is 8. The van der Waals surface area contributed by atoms with Crippen LogP contribution in [0.2, 0.25) is 0 Å². The molecule has 0 aromatic carbocycles. The maximum atomic E-state index is 12.7. The summed E-state index contributed by atoms with van der Waals surface area (Å²) in [5.74, 6) is -0.877. The van der Waals surface area contributed by atoms with Gasteiger partial charge in [-0.25, -0.2) is 4.57 Å². The molecule has 0 amide bonds. The summed E-state index contributed by atoms with van der Waals surface area (Å²) in [6.07, 6.45) is 95.6. The van der Waals surface area contributed by atoms with Crippen LogP contribution in [0.25, 0.3) is 0 Å². The molecule has 0 aliphatic carbocycles. The zero-order valence-corrected chi connectivity index (χ0v) is 51.8. The third-order valence-corrected chi connectivity index (χ3v) is 13.6. The zero-order chi connectivity index (χ0) is 58.7. The molecule has 0 heterocycles. The minimum atomic E-state index is -4.41. The van der Waals surface area contributed by atoms with Gasteiger partial charge in [-0.15, -0.1) is 0 Å². The lowest BCUT2D eigenvalue weighted by atomic mass is 10.1. The Balaban J connectivity index is 4.08. The summed E-state index contributed by atoms with van der Waals surface area (Å²) in [6, 6.07) is 0. The van der Waals surface area contributed by atoms with Crippen LogP contribution in [-0.4, -0.2) is 49.3 Å². The van der Waals surface area contributed by atoms with Crippen molar-refractivity contribution in [1.82, 2.24) is 0 Å². The molecule has 0 fully saturated rings. The van der Waals surface area contributed by atoms with E-state index in [4.69, 9.17) is 24.3 Å². The van der Waals surface area contributed by atoms with Crippen molar-refractivity contribution < 1.29 is 37.6 Å². The largest absolute Gasteiger partial charge is 0.472 e. The molecule has 2 atom stereocenters. The van der Waals surface area contributed by atoms with Crippen molar-refractivity contribution in [3.05, 3.63) is 170 Å². The molecule has 3 N–H and O–H groups in total. The van der Waals surface area contributed by atoms with Gasteiger partial charge in [0.15, 0.2) is 6.10 Å². The van der Waals surface area contributed by atoms with Crippen LogP contribution in [0.3, 0.4) is 0 Å². The van der Waals surface area contributed by atoms with E-state index >= 15 is 0 Å². The molecule has 0 aromatic heterocycles. The molecule has 0 spiro atoms. The average Bonchev–Trinajstić information content (AvgIpc) is 3.46. The SMILES string of the molecule is CC/C=C\C/C=C\C/C=C\C/C=C\C/C=C\C/C=C\C/C=C\C/C=C\C/C=C\C/C=C\C/C=C\CCCCCCCC(=O)OC(COC(=O)CCCCCCCC/C=C\C/C=C\C/C=C\CCCCCCC)COP(=O)(O)OCCN. The Kier molecular flexibility index (Phi) is 60.8. The minimum absolute atomic E-state index is 0.0387. The van der Waals surface area contributed by atoms with Crippen LogP contribution in [0, 0.1) is 0 Å². The first-order chi connectivity index (χ1) is 39.8. The van der Waals surface area contributed by atoms with Gasteiger partial charge >= 0.3 is 19.8 Å². The average molecular weight is 1140 g/mol. The van der Waals surface area contributed by atoms with Crippen molar-refractivity contribution in [3.8, 4) is 0 Å². The molecule has 0 rings (SSSR count). The molecule has 0 aliphatic heterocycles.